The summed E-state index contributed by atoms with van der Waals surface area (Å²) in [5.74, 6) is -3.86. The van der Waals surface area contributed by atoms with Crippen molar-refractivity contribution in [2.24, 2.45) is 11.1 Å². The van der Waals surface area contributed by atoms with Crippen LogP contribution in [0.3, 0.4) is 0 Å². The number of aliphatic carboxylic acids is 2. The zero-order valence-electron chi connectivity index (χ0n) is 18.0. The molecule has 2 amide bonds. The normalized spacial score (nSPS) is 21.4. The van der Waals surface area contributed by atoms with E-state index < -0.39 is 47.2 Å². The van der Waals surface area contributed by atoms with E-state index in [1.165, 1.54) is 22.0 Å². The zero-order chi connectivity index (χ0) is 24.4. The summed E-state index contributed by atoms with van der Waals surface area (Å²) in [7, 11) is 0. The van der Waals surface area contributed by atoms with Gasteiger partial charge >= 0.3 is 11.9 Å². The third kappa shape index (κ3) is 4.80. The number of fused-ring (bicyclic) bond motifs is 1. The smallest absolute Gasteiger partial charge is 0.352 e. The number of carbonyl (C=O) groups is 4. The minimum absolute atomic E-state index is 0.0533. The Morgan fingerprint density at radius 3 is 2.61 bits per heavy atom. The Balaban J connectivity index is 1.83. The fraction of sp³-hybridized carbons (Fsp3) is 0.474. The van der Waals surface area contributed by atoms with Crippen LogP contribution >= 0.6 is 23.1 Å². The van der Waals surface area contributed by atoms with Gasteiger partial charge in [0.25, 0.3) is 11.8 Å². The van der Waals surface area contributed by atoms with Gasteiger partial charge in [-0.15, -0.1) is 23.1 Å². The largest absolute Gasteiger partial charge is 0.478 e. The van der Waals surface area contributed by atoms with Gasteiger partial charge in [-0.1, -0.05) is 25.9 Å². The Hall–Kier alpha value is -3.13. The van der Waals surface area contributed by atoms with Crippen LogP contribution in [0.2, 0.25) is 0 Å². The van der Waals surface area contributed by atoms with E-state index in [-0.39, 0.29) is 22.2 Å². The van der Waals surface area contributed by atoms with Crippen LogP contribution in [0.4, 0.5) is 5.13 Å². The summed E-state index contributed by atoms with van der Waals surface area (Å²) in [6.07, 6.45) is -0.823. The number of oxime groups is 1. The molecule has 3 atom stereocenters. The number of amides is 2. The zero-order valence-corrected chi connectivity index (χ0v) is 19.6. The van der Waals surface area contributed by atoms with Crippen LogP contribution in [0, 0.1) is 5.92 Å². The van der Waals surface area contributed by atoms with Gasteiger partial charge in [0.05, 0.1) is 0 Å². The van der Waals surface area contributed by atoms with Gasteiger partial charge in [0, 0.05) is 17.1 Å². The summed E-state index contributed by atoms with van der Waals surface area (Å²) in [6, 6.07) is -0.989. The monoisotopic (exact) mass is 497 g/mol. The summed E-state index contributed by atoms with van der Waals surface area (Å²) in [5.41, 5.74) is 5.95. The first-order valence-electron chi connectivity index (χ1n) is 9.95. The van der Waals surface area contributed by atoms with Crippen molar-refractivity contribution in [3.63, 3.8) is 0 Å². The van der Waals surface area contributed by atoms with Crippen molar-refractivity contribution in [2.45, 2.75) is 44.7 Å². The van der Waals surface area contributed by atoms with Crippen LogP contribution in [-0.4, -0.2) is 72.8 Å². The number of aromatic nitrogens is 1. The van der Waals surface area contributed by atoms with Crippen LogP contribution < -0.4 is 11.1 Å². The second-order valence-electron chi connectivity index (χ2n) is 7.59. The van der Waals surface area contributed by atoms with Gasteiger partial charge in [-0.05, 0) is 12.0 Å². The number of carboxylic acids is 2. The van der Waals surface area contributed by atoms with Crippen molar-refractivity contribution in [3.8, 4) is 0 Å². The number of nitrogens with two attached hydrogens (primary N) is 1. The van der Waals surface area contributed by atoms with E-state index in [0.29, 0.717) is 17.7 Å². The Bertz CT molecular complexity index is 1050. The van der Waals surface area contributed by atoms with Crippen LogP contribution in [0.5, 0.6) is 0 Å². The highest BCUT2D eigenvalue weighted by molar-refractivity contribution is 8.00. The van der Waals surface area contributed by atoms with E-state index in [4.69, 9.17) is 10.6 Å². The molecule has 0 saturated carbocycles. The number of thioether (sulfide) groups is 1. The highest BCUT2D eigenvalue weighted by Gasteiger charge is 2.54. The number of carbonyl (C=O) groups excluding carboxylic acids is 2. The predicted molar refractivity (Wildman–Crippen MR) is 120 cm³/mol. The molecule has 2 aliphatic rings. The highest BCUT2D eigenvalue weighted by atomic mass is 32.2. The third-order valence-corrected chi connectivity index (χ3v) is 7.06. The maximum absolute atomic E-state index is 13.0. The number of hydrogen-bond donors (Lipinski definition) is 4. The molecule has 1 aromatic rings. The Morgan fingerprint density at radius 2 is 2.09 bits per heavy atom. The topological polar surface area (TPSA) is 185 Å². The van der Waals surface area contributed by atoms with E-state index in [2.05, 4.69) is 15.5 Å². The van der Waals surface area contributed by atoms with Crippen molar-refractivity contribution in [1.82, 2.24) is 15.2 Å². The first-order chi connectivity index (χ1) is 15.6. The number of anilines is 1. The number of hydrogen-bond acceptors (Lipinski definition) is 10. The molecule has 0 spiro atoms. The number of nitrogens with one attached hydrogen (secondary N) is 1. The van der Waals surface area contributed by atoms with E-state index in [1.807, 2.05) is 6.92 Å². The van der Waals surface area contributed by atoms with Gasteiger partial charge < -0.3 is 26.1 Å². The van der Waals surface area contributed by atoms with Crippen molar-refractivity contribution in [1.29, 1.82) is 0 Å². The fourth-order valence-corrected chi connectivity index (χ4v) is 5.32. The summed E-state index contributed by atoms with van der Waals surface area (Å²) in [6.45, 7) is 5.05. The molecule has 33 heavy (non-hydrogen) atoms. The van der Waals surface area contributed by atoms with Crippen molar-refractivity contribution < 1.29 is 34.2 Å². The average Bonchev–Trinajstić information content (AvgIpc) is 3.18. The maximum atomic E-state index is 13.0. The summed E-state index contributed by atoms with van der Waals surface area (Å²) < 4.78 is 0. The van der Waals surface area contributed by atoms with Gasteiger partial charge in [0.15, 0.2) is 10.8 Å². The van der Waals surface area contributed by atoms with E-state index in [0.717, 1.165) is 11.3 Å². The molecule has 0 unspecified atom stereocenters. The maximum Gasteiger partial charge on any atom is 0.352 e. The second kappa shape index (κ2) is 9.79. The molecule has 2 aliphatic heterocycles. The molecule has 3 rings (SSSR count). The fourth-order valence-electron chi connectivity index (χ4n) is 3.33. The van der Waals surface area contributed by atoms with Crippen LogP contribution in [0.1, 0.15) is 32.9 Å². The molecule has 1 fully saturated rings. The number of thiazole rings is 1. The molecule has 0 bridgehead atoms. The lowest BCUT2D eigenvalue weighted by Gasteiger charge is -2.49. The molecular weight excluding hydrogens is 474 g/mol. The molecule has 0 aromatic carbocycles. The molecule has 3 heterocycles. The molecule has 0 radical (unpaired) electrons. The minimum atomic E-state index is -1.31. The van der Waals surface area contributed by atoms with Crippen LogP contribution in [0.25, 0.3) is 0 Å². The first-order valence-corrected chi connectivity index (χ1v) is 11.9. The van der Waals surface area contributed by atoms with Crippen molar-refractivity contribution in [2.75, 3.05) is 11.5 Å². The van der Waals surface area contributed by atoms with Crippen LogP contribution in [0.15, 0.2) is 21.8 Å². The number of nitrogen functional groups attached to an aromatic ring is 1. The summed E-state index contributed by atoms with van der Waals surface area (Å²) >= 11 is 2.39. The van der Waals surface area contributed by atoms with E-state index in [9.17, 15) is 29.4 Å². The molecular formula is C19H23N5O7S2. The number of carboxylic acid groups (broad SMARTS) is 2. The second-order valence-corrected chi connectivity index (χ2v) is 9.59. The average molecular weight is 498 g/mol. The minimum Gasteiger partial charge on any atom is -0.478 e. The Labute approximate surface area is 196 Å². The lowest BCUT2D eigenvalue weighted by atomic mass is 10.0. The predicted octanol–water partition coefficient (Wildman–Crippen LogP) is 0.704. The standard InChI is InChI=1S/C19H23N5O7S2/c1-4-8-5-32-16-11(15(26)24(16)12(8)17(27)28)22-14(25)10(9-6-33-19(20)21-9)23-31-13(7(2)3)18(29)30/h6-7,11,13,16H,4-5H2,1-3H3,(H2,20,21)(H,22,25)(H,27,28)(H,29,30)/b23-10-/t11-,13+,16-/m1/s1. The van der Waals surface area contributed by atoms with Gasteiger partial charge in [-0.25, -0.2) is 14.6 Å². The number of rotatable bonds is 9. The quantitative estimate of drug-likeness (QED) is 0.215. The third-order valence-electron chi connectivity index (χ3n) is 5.05. The van der Waals surface area contributed by atoms with Gasteiger partial charge in [0.2, 0.25) is 6.10 Å². The van der Waals surface area contributed by atoms with Gasteiger partial charge in [-0.3, -0.25) is 14.5 Å². The molecule has 14 heteroatoms. The molecule has 5 N–H and O–H groups in total. The summed E-state index contributed by atoms with van der Waals surface area (Å²) in [4.78, 5) is 59.1. The highest BCUT2D eigenvalue weighted by Crippen LogP contribution is 2.41. The summed E-state index contributed by atoms with van der Waals surface area (Å²) in [5, 5.41) is 26.1. The molecule has 0 aliphatic carbocycles. The Kier molecular flexibility index (Phi) is 7.27. The van der Waals surface area contributed by atoms with Gasteiger partial charge in [0.1, 0.15) is 22.8 Å². The van der Waals surface area contributed by atoms with Crippen LogP contribution in [-0.2, 0) is 24.0 Å². The molecule has 178 valence electrons. The van der Waals surface area contributed by atoms with Crippen molar-refractivity contribution in [3.05, 3.63) is 22.3 Å². The van der Waals surface area contributed by atoms with Gasteiger partial charge in [-0.2, -0.15) is 0 Å². The SMILES string of the molecule is CCC1=C(C(=O)O)N2C(=O)[C@@H](NC(=O)/C(=N\O[C@H](C(=O)O)C(C)C)c3csc(N)n3)[C@H]2SC1. The lowest BCUT2D eigenvalue weighted by molar-refractivity contribution is -0.153. The Morgan fingerprint density at radius 1 is 1.39 bits per heavy atom. The van der Waals surface area contributed by atoms with E-state index >= 15 is 0 Å². The molecule has 1 aromatic heterocycles. The van der Waals surface area contributed by atoms with Crippen molar-refractivity contribution >= 4 is 57.7 Å². The lowest BCUT2D eigenvalue weighted by Crippen LogP contribution is -2.71. The first kappa shape index (κ1) is 24.5. The molecule has 12 nitrogen and oxygen atoms in total. The number of β-lactam (4-membered cyclic amide) rings is 1. The van der Waals surface area contributed by atoms with E-state index in [1.54, 1.807) is 13.8 Å². The number of nitrogens with zero attached hydrogens (tertiary/aromatic N) is 3. The molecule has 1 saturated heterocycles.